The van der Waals surface area contributed by atoms with E-state index >= 15 is 0 Å². The van der Waals surface area contributed by atoms with Crippen LogP contribution in [0.5, 0.6) is 5.95 Å². The van der Waals surface area contributed by atoms with Crippen LogP contribution in [0.1, 0.15) is 38.7 Å². The molecule has 0 aliphatic rings. The molecule has 0 atom stereocenters. The maximum absolute atomic E-state index is 10.6. The van der Waals surface area contributed by atoms with Gasteiger partial charge in [0.1, 0.15) is 0 Å². The summed E-state index contributed by atoms with van der Waals surface area (Å²) in [4.78, 5) is 10.6. The summed E-state index contributed by atoms with van der Waals surface area (Å²) < 4.78 is 9.86. The van der Waals surface area contributed by atoms with Gasteiger partial charge in [-0.05, 0) is 18.4 Å². The predicted molar refractivity (Wildman–Crippen MR) is 53.2 cm³/mol. The van der Waals surface area contributed by atoms with Crippen molar-refractivity contribution in [1.29, 1.82) is 0 Å². The van der Waals surface area contributed by atoms with Crippen LogP contribution >= 0.6 is 0 Å². The van der Waals surface area contributed by atoms with Crippen molar-refractivity contribution >= 4 is 5.97 Å². The second kappa shape index (κ2) is 5.47. The highest BCUT2D eigenvalue weighted by atomic mass is 16.6. The molecule has 3 heteroatoms. The average Bonchev–Trinajstić information content (AvgIpc) is 2.52. The number of ether oxygens (including phenoxy) is 1. The number of aryl methyl sites for hydroxylation is 1. The highest BCUT2D eigenvalue weighted by molar-refractivity contribution is 5.68. The highest BCUT2D eigenvalue weighted by Gasteiger charge is 2.04. The number of carbonyl (C=O) groups excluding carboxylic acids is 1. The van der Waals surface area contributed by atoms with Crippen molar-refractivity contribution < 1.29 is 13.9 Å². The maximum Gasteiger partial charge on any atom is 0.310 e. The molecule has 0 N–H and O–H groups in total. The minimum Gasteiger partial charge on any atom is -0.434 e. The number of furan rings is 1. The molecule has 0 amide bonds. The molecule has 1 aromatic rings. The van der Waals surface area contributed by atoms with Gasteiger partial charge in [0.15, 0.2) is 0 Å². The number of rotatable bonds is 5. The normalized spacial score (nSPS) is 10.1. The predicted octanol–water partition coefficient (Wildman–Crippen LogP) is 2.94. The van der Waals surface area contributed by atoms with Crippen LogP contribution in [0.4, 0.5) is 0 Å². The summed E-state index contributed by atoms with van der Waals surface area (Å²) in [7, 11) is 0. The van der Waals surface area contributed by atoms with E-state index < -0.39 is 0 Å². The first-order valence-electron chi connectivity index (χ1n) is 4.98. The first kappa shape index (κ1) is 10.8. The molecule has 1 rings (SSSR count). The molecular formula is C11H16O3. The van der Waals surface area contributed by atoms with E-state index in [4.69, 9.17) is 9.15 Å². The van der Waals surface area contributed by atoms with Gasteiger partial charge in [0, 0.05) is 13.0 Å². The number of carbonyl (C=O) groups is 1. The third-order valence-electron chi connectivity index (χ3n) is 1.94. The minimum absolute atomic E-state index is 0.295. The topological polar surface area (TPSA) is 39.4 Å². The largest absolute Gasteiger partial charge is 0.434 e. The molecule has 0 unspecified atom stereocenters. The fourth-order valence-corrected chi connectivity index (χ4v) is 1.26. The fourth-order valence-electron chi connectivity index (χ4n) is 1.26. The third-order valence-corrected chi connectivity index (χ3v) is 1.94. The van der Waals surface area contributed by atoms with Gasteiger partial charge in [0.05, 0.1) is 6.26 Å². The van der Waals surface area contributed by atoms with E-state index in [-0.39, 0.29) is 5.97 Å². The van der Waals surface area contributed by atoms with Gasteiger partial charge < -0.3 is 9.15 Å². The smallest absolute Gasteiger partial charge is 0.310 e. The van der Waals surface area contributed by atoms with Gasteiger partial charge in [-0.2, -0.15) is 0 Å². The van der Waals surface area contributed by atoms with Crippen LogP contribution in [-0.4, -0.2) is 5.97 Å². The van der Waals surface area contributed by atoms with Crippen LogP contribution in [0.2, 0.25) is 0 Å². The second-order valence-electron chi connectivity index (χ2n) is 3.32. The van der Waals surface area contributed by atoms with E-state index in [1.54, 1.807) is 12.3 Å². The van der Waals surface area contributed by atoms with Crippen LogP contribution in [0, 0.1) is 0 Å². The zero-order valence-corrected chi connectivity index (χ0v) is 8.71. The molecule has 0 aromatic carbocycles. The lowest BCUT2D eigenvalue weighted by Gasteiger charge is -1.94. The Bertz CT molecular complexity index is 288. The van der Waals surface area contributed by atoms with Crippen molar-refractivity contribution in [1.82, 2.24) is 0 Å². The highest BCUT2D eigenvalue weighted by Crippen LogP contribution is 2.17. The second-order valence-corrected chi connectivity index (χ2v) is 3.32. The Hall–Kier alpha value is -1.25. The Labute approximate surface area is 84.1 Å². The van der Waals surface area contributed by atoms with Crippen LogP contribution in [0.3, 0.4) is 0 Å². The van der Waals surface area contributed by atoms with Crippen molar-refractivity contribution in [2.75, 3.05) is 0 Å². The summed E-state index contributed by atoms with van der Waals surface area (Å²) in [5.41, 5.74) is 1.09. The molecule has 0 radical (unpaired) electrons. The Balaban J connectivity index is 2.38. The summed E-state index contributed by atoms with van der Waals surface area (Å²) in [6.45, 7) is 3.53. The van der Waals surface area contributed by atoms with Gasteiger partial charge in [-0.1, -0.05) is 19.8 Å². The van der Waals surface area contributed by atoms with Gasteiger partial charge in [0.2, 0.25) is 0 Å². The Kier molecular flexibility index (Phi) is 4.23. The van der Waals surface area contributed by atoms with E-state index in [0.717, 1.165) is 18.4 Å². The van der Waals surface area contributed by atoms with Gasteiger partial charge in [0.25, 0.3) is 5.95 Å². The third kappa shape index (κ3) is 3.64. The molecule has 14 heavy (non-hydrogen) atoms. The van der Waals surface area contributed by atoms with Crippen LogP contribution in [0.15, 0.2) is 16.7 Å². The van der Waals surface area contributed by atoms with Crippen molar-refractivity contribution in [3.63, 3.8) is 0 Å². The van der Waals surface area contributed by atoms with Crippen LogP contribution in [-0.2, 0) is 11.2 Å². The van der Waals surface area contributed by atoms with E-state index in [9.17, 15) is 4.79 Å². The Morgan fingerprint density at radius 2 is 2.29 bits per heavy atom. The van der Waals surface area contributed by atoms with E-state index in [0.29, 0.717) is 5.95 Å². The van der Waals surface area contributed by atoms with E-state index in [1.165, 1.54) is 19.8 Å². The lowest BCUT2D eigenvalue weighted by molar-refractivity contribution is -0.133. The Morgan fingerprint density at radius 3 is 2.93 bits per heavy atom. The molecule has 1 heterocycles. The maximum atomic E-state index is 10.6. The van der Waals surface area contributed by atoms with Gasteiger partial charge in [-0.3, -0.25) is 4.79 Å². The minimum atomic E-state index is -0.348. The number of esters is 1. The molecule has 0 aliphatic carbocycles. The number of hydrogen-bond donors (Lipinski definition) is 0. The molecule has 1 aromatic heterocycles. The standard InChI is InChI=1S/C11H16O3/c1-3-4-5-6-10-7-11(13-8-10)14-9(2)12/h7-8H,3-6H2,1-2H3. The molecule has 0 saturated carbocycles. The zero-order chi connectivity index (χ0) is 10.4. The van der Waals surface area contributed by atoms with E-state index in [2.05, 4.69) is 6.92 Å². The molecule has 0 aliphatic heterocycles. The quantitative estimate of drug-likeness (QED) is 0.537. The van der Waals surface area contributed by atoms with Crippen LogP contribution in [0.25, 0.3) is 0 Å². The summed E-state index contributed by atoms with van der Waals surface area (Å²) in [5.74, 6) is -0.0524. The zero-order valence-electron chi connectivity index (χ0n) is 8.71. The molecule has 0 saturated heterocycles. The van der Waals surface area contributed by atoms with Gasteiger partial charge >= 0.3 is 5.97 Å². The SMILES string of the molecule is CCCCCc1coc(OC(C)=O)c1. The van der Waals surface area contributed by atoms with Crippen LogP contribution < -0.4 is 4.74 Å². The molecule has 0 fully saturated rings. The summed E-state index contributed by atoms with van der Waals surface area (Å²) >= 11 is 0. The molecule has 0 spiro atoms. The van der Waals surface area contributed by atoms with Crippen molar-refractivity contribution in [3.8, 4) is 5.95 Å². The van der Waals surface area contributed by atoms with Crippen molar-refractivity contribution in [2.45, 2.75) is 39.5 Å². The Morgan fingerprint density at radius 1 is 1.50 bits per heavy atom. The number of unbranched alkanes of at least 4 members (excludes halogenated alkanes) is 2. The van der Waals surface area contributed by atoms with Gasteiger partial charge in [-0.15, -0.1) is 0 Å². The first-order valence-corrected chi connectivity index (χ1v) is 4.98. The fraction of sp³-hybridized carbons (Fsp3) is 0.545. The summed E-state index contributed by atoms with van der Waals surface area (Å²) in [6, 6.07) is 1.77. The molecule has 0 bridgehead atoms. The summed E-state index contributed by atoms with van der Waals surface area (Å²) in [5, 5.41) is 0. The average molecular weight is 196 g/mol. The lowest BCUT2D eigenvalue weighted by Crippen LogP contribution is -1.99. The number of hydrogen-bond acceptors (Lipinski definition) is 3. The van der Waals surface area contributed by atoms with Crippen molar-refractivity contribution in [3.05, 3.63) is 17.9 Å². The van der Waals surface area contributed by atoms with E-state index in [1.807, 2.05) is 0 Å². The molecular weight excluding hydrogens is 180 g/mol. The first-order chi connectivity index (χ1) is 6.72. The monoisotopic (exact) mass is 196 g/mol. The molecule has 3 nitrogen and oxygen atoms in total. The van der Waals surface area contributed by atoms with Gasteiger partial charge in [-0.25, -0.2) is 0 Å². The summed E-state index contributed by atoms with van der Waals surface area (Å²) in [6.07, 6.45) is 6.20. The lowest BCUT2D eigenvalue weighted by atomic mass is 10.1. The van der Waals surface area contributed by atoms with Crippen molar-refractivity contribution in [2.24, 2.45) is 0 Å². The molecule has 78 valence electrons.